The summed E-state index contributed by atoms with van der Waals surface area (Å²) < 4.78 is 5.26. The molecular formula is C23H22N4O3. The number of para-hydroxylation sites is 1. The molecule has 1 N–H and O–H groups in total. The van der Waals surface area contributed by atoms with Crippen LogP contribution in [-0.4, -0.2) is 25.1 Å². The lowest BCUT2D eigenvalue weighted by atomic mass is 9.99. The van der Waals surface area contributed by atoms with Gasteiger partial charge in [-0.3, -0.25) is 4.79 Å². The van der Waals surface area contributed by atoms with Gasteiger partial charge in [0.25, 0.3) is 5.91 Å². The number of azo groups is 1. The van der Waals surface area contributed by atoms with E-state index in [1.807, 2.05) is 48.5 Å². The van der Waals surface area contributed by atoms with Crippen LogP contribution in [0.2, 0.25) is 0 Å². The van der Waals surface area contributed by atoms with Crippen molar-refractivity contribution in [2.75, 3.05) is 12.4 Å². The van der Waals surface area contributed by atoms with Crippen LogP contribution in [0.15, 0.2) is 100 Å². The maximum absolute atomic E-state index is 12.8. The van der Waals surface area contributed by atoms with Crippen LogP contribution in [0.3, 0.4) is 0 Å². The lowest BCUT2D eigenvalue weighted by Crippen LogP contribution is -2.36. The lowest BCUT2D eigenvalue weighted by Gasteiger charge is -2.17. The monoisotopic (exact) mass is 402 g/mol. The zero-order valence-corrected chi connectivity index (χ0v) is 16.5. The quantitative estimate of drug-likeness (QED) is 0.395. The normalized spacial score (nSPS) is 12.8. The molecule has 2 unspecified atom stereocenters. The van der Waals surface area contributed by atoms with Gasteiger partial charge in [-0.25, -0.2) is 0 Å². The van der Waals surface area contributed by atoms with Gasteiger partial charge in [-0.1, -0.05) is 53.7 Å². The molecule has 0 aliphatic heterocycles. The first kappa shape index (κ1) is 20.9. The van der Waals surface area contributed by atoms with Crippen LogP contribution >= 0.6 is 0 Å². The molecule has 7 heteroatoms. The highest BCUT2D eigenvalue weighted by molar-refractivity contribution is 5.95. The average Bonchev–Trinajstić information content (AvgIpc) is 2.79. The van der Waals surface area contributed by atoms with Gasteiger partial charge in [0.05, 0.1) is 12.8 Å². The van der Waals surface area contributed by atoms with Crippen molar-refractivity contribution in [2.24, 2.45) is 15.4 Å². The van der Waals surface area contributed by atoms with Crippen molar-refractivity contribution in [3.05, 3.63) is 95.4 Å². The first-order valence-electron chi connectivity index (χ1n) is 9.47. The predicted molar refractivity (Wildman–Crippen MR) is 116 cm³/mol. The molecule has 3 rings (SSSR count). The van der Waals surface area contributed by atoms with Crippen LogP contribution < -0.4 is 10.1 Å². The molecule has 0 saturated carbocycles. The molecule has 1 amide bonds. The molecule has 0 fully saturated rings. The summed E-state index contributed by atoms with van der Waals surface area (Å²) in [4.78, 5) is 24.4. The largest absolute Gasteiger partial charge is 0.497 e. The fourth-order valence-electron chi connectivity index (χ4n) is 2.92. The van der Waals surface area contributed by atoms with E-state index in [-0.39, 0.29) is 0 Å². The van der Waals surface area contributed by atoms with Gasteiger partial charge in [-0.2, -0.15) is 10.2 Å². The Morgan fingerprint density at radius 3 is 2.33 bits per heavy atom. The third kappa shape index (κ3) is 5.81. The van der Waals surface area contributed by atoms with Crippen LogP contribution in [0, 0.1) is 4.91 Å². The van der Waals surface area contributed by atoms with Crippen LogP contribution in [0.4, 0.5) is 11.4 Å². The Hall–Kier alpha value is -3.87. The van der Waals surface area contributed by atoms with Crippen molar-refractivity contribution >= 4 is 17.3 Å². The Morgan fingerprint density at radius 1 is 0.967 bits per heavy atom. The molecule has 0 aromatic heterocycles. The Labute approximate surface area is 174 Å². The zero-order valence-electron chi connectivity index (χ0n) is 16.5. The predicted octanol–water partition coefficient (Wildman–Crippen LogP) is 5.16. The number of hydrogen-bond donors (Lipinski definition) is 1. The Kier molecular flexibility index (Phi) is 7.38. The first-order chi connectivity index (χ1) is 14.7. The van der Waals surface area contributed by atoms with Crippen LogP contribution in [0.1, 0.15) is 5.56 Å². The van der Waals surface area contributed by atoms with Crippen molar-refractivity contribution in [2.45, 2.75) is 18.5 Å². The third-order valence-corrected chi connectivity index (χ3v) is 4.44. The van der Waals surface area contributed by atoms with Gasteiger partial charge in [0.2, 0.25) is 0 Å². The summed E-state index contributed by atoms with van der Waals surface area (Å²) in [6.07, 6.45) is 0.298. The number of carbonyl (C=O) groups excluding carboxylic acids is 1. The van der Waals surface area contributed by atoms with E-state index in [1.165, 1.54) is 0 Å². The highest BCUT2D eigenvalue weighted by Crippen LogP contribution is 2.21. The van der Waals surface area contributed by atoms with Crippen molar-refractivity contribution in [1.29, 1.82) is 0 Å². The van der Waals surface area contributed by atoms with E-state index in [2.05, 4.69) is 20.7 Å². The van der Waals surface area contributed by atoms with Gasteiger partial charge in [-0.15, -0.1) is 4.91 Å². The van der Waals surface area contributed by atoms with E-state index in [0.717, 1.165) is 5.56 Å². The molecule has 0 bridgehead atoms. The molecular weight excluding hydrogens is 380 g/mol. The van der Waals surface area contributed by atoms with Crippen molar-refractivity contribution < 1.29 is 9.53 Å². The lowest BCUT2D eigenvalue weighted by molar-refractivity contribution is -0.117. The molecule has 0 aliphatic carbocycles. The summed E-state index contributed by atoms with van der Waals surface area (Å²) in [6.45, 7) is 0. The van der Waals surface area contributed by atoms with E-state index < -0.39 is 18.0 Å². The van der Waals surface area contributed by atoms with Gasteiger partial charge < -0.3 is 10.1 Å². The van der Waals surface area contributed by atoms with Crippen LogP contribution in [0.25, 0.3) is 0 Å². The number of nitrogens with zero attached hydrogens (tertiary/aromatic N) is 3. The minimum Gasteiger partial charge on any atom is -0.497 e. The van der Waals surface area contributed by atoms with Gasteiger partial charge >= 0.3 is 0 Å². The number of nitrogens with one attached hydrogen (secondary N) is 1. The molecule has 30 heavy (non-hydrogen) atoms. The maximum atomic E-state index is 12.8. The molecule has 7 nitrogen and oxygen atoms in total. The zero-order chi connectivity index (χ0) is 21.2. The fraction of sp³-hybridized carbons (Fsp3) is 0.174. The summed E-state index contributed by atoms with van der Waals surface area (Å²) in [5.74, 6) is 0.145. The molecule has 2 atom stereocenters. The molecule has 0 aliphatic rings. The van der Waals surface area contributed by atoms with E-state index in [1.54, 1.807) is 43.5 Å². The Bertz CT molecular complexity index is 994. The second kappa shape index (κ2) is 10.6. The number of hydrogen-bond acceptors (Lipinski definition) is 6. The number of nitroso groups, excluding NO2 is 1. The first-order valence-corrected chi connectivity index (χ1v) is 9.47. The number of carbonyl (C=O) groups is 1. The topological polar surface area (TPSA) is 92.5 Å². The summed E-state index contributed by atoms with van der Waals surface area (Å²) in [7, 11) is 1.58. The smallest absolute Gasteiger partial charge is 0.255 e. The van der Waals surface area contributed by atoms with E-state index in [0.29, 0.717) is 23.5 Å². The summed E-state index contributed by atoms with van der Waals surface area (Å²) in [5, 5.41) is 14.3. The molecule has 3 aromatic rings. The van der Waals surface area contributed by atoms with Crippen molar-refractivity contribution in [3.63, 3.8) is 0 Å². The van der Waals surface area contributed by atoms with Crippen LogP contribution in [0.5, 0.6) is 5.75 Å². The number of ether oxygens (including phenoxy) is 1. The number of rotatable bonds is 9. The van der Waals surface area contributed by atoms with Gasteiger partial charge in [-0.05, 0) is 48.4 Å². The van der Waals surface area contributed by atoms with Gasteiger partial charge in [0, 0.05) is 5.69 Å². The SMILES string of the molecule is COc1cccc(CC(N=Nc2ccccc2)C(N=O)C(=O)Nc2ccccc2)c1. The third-order valence-electron chi connectivity index (χ3n) is 4.44. The minimum absolute atomic E-state index is 0.298. The molecule has 152 valence electrons. The van der Waals surface area contributed by atoms with Gasteiger partial charge in [0.1, 0.15) is 11.8 Å². The summed E-state index contributed by atoms with van der Waals surface area (Å²) in [5.41, 5.74) is 2.06. The maximum Gasteiger partial charge on any atom is 0.255 e. The minimum atomic E-state index is -1.25. The number of amides is 1. The summed E-state index contributed by atoms with van der Waals surface area (Å²) >= 11 is 0. The second-order valence-corrected chi connectivity index (χ2v) is 6.58. The van der Waals surface area contributed by atoms with E-state index in [9.17, 15) is 9.70 Å². The molecule has 0 heterocycles. The molecule has 0 radical (unpaired) electrons. The standard InChI is InChI=1S/C23H22N4O3/c1-30-20-14-8-9-17(15-20)16-21(26-25-19-12-6-3-7-13-19)22(27-29)23(28)24-18-10-4-2-5-11-18/h2-15,21-22H,16H2,1H3,(H,24,28). The highest BCUT2D eigenvalue weighted by atomic mass is 16.5. The molecule has 0 saturated heterocycles. The van der Waals surface area contributed by atoms with Crippen molar-refractivity contribution in [3.8, 4) is 5.75 Å². The number of benzene rings is 3. The summed E-state index contributed by atoms with van der Waals surface area (Å²) in [6, 6.07) is 23.4. The second-order valence-electron chi connectivity index (χ2n) is 6.58. The fourth-order valence-corrected chi connectivity index (χ4v) is 2.92. The number of methoxy groups -OCH3 is 1. The Balaban J connectivity index is 1.86. The average molecular weight is 402 g/mol. The van der Waals surface area contributed by atoms with Crippen molar-refractivity contribution in [1.82, 2.24) is 0 Å². The number of anilines is 1. The highest BCUT2D eigenvalue weighted by Gasteiger charge is 2.30. The van der Waals surface area contributed by atoms with E-state index >= 15 is 0 Å². The van der Waals surface area contributed by atoms with Gasteiger partial charge in [0.15, 0.2) is 6.04 Å². The Morgan fingerprint density at radius 2 is 1.67 bits per heavy atom. The van der Waals surface area contributed by atoms with Crippen LogP contribution in [-0.2, 0) is 11.2 Å². The molecule has 3 aromatic carbocycles. The van der Waals surface area contributed by atoms with E-state index in [4.69, 9.17) is 4.74 Å². The molecule has 0 spiro atoms.